The molecular formula is C16H21N3O2. The van der Waals surface area contributed by atoms with Crippen LogP contribution in [0.2, 0.25) is 0 Å². The van der Waals surface area contributed by atoms with Crippen LogP contribution in [-0.2, 0) is 4.74 Å². The Morgan fingerprint density at radius 3 is 2.90 bits per heavy atom. The Hall–Kier alpha value is -2.14. The van der Waals surface area contributed by atoms with Crippen LogP contribution in [0, 0.1) is 0 Å². The van der Waals surface area contributed by atoms with Gasteiger partial charge in [-0.15, -0.1) is 0 Å². The van der Waals surface area contributed by atoms with Gasteiger partial charge in [0.15, 0.2) is 0 Å². The number of fused-ring (bicyclic) bond motifs is 1. The van der Waals surface area contributed by atoms with Crippen LogP contribution in [0.15, 0.2) is 30.3 Å². The van der Waals surface area contributed by atoms with Gasteiger partial charge in [0.1, 0.15) is 11.5 Å². The molecule has 5 nitrogen and oxygen atoms in total. The Morgan fingerprint density at radius 2 is 2.14 bits per heavy atom. The molecule has 0 radical (unpaired) electrons. The molecule has 0 aliphatic rings. The fourth-order valence-electron chi connectivity index (χ4n) is 2.12. The molecule has 0 atom stereocenters. The maximum atomic E-state index is 12.1. The largest absolute Gasteiger partial charge is 0.382 e. The predicted octanol–water partition coefficient (Wildman–Crippen LogP) is 2.43. The minimum absolute atomic E-state index is 0.159. The predicted molar refractivity (Wildman–Crippen MR) is 84.7 cm³/mol. The summed E-state index contributed by atoms with van der Waals surface area (Å²) >= 11 is 0. The van der Waals surface area contributed by atoms with Crippen LogP contribution < -0.4 is 10.6 Å². The molecule has 0 saturated heterocycles. The van der Waals surface area contributed by atoms with Crippen molar-refractivity contribution in [1.82, 2.24) is 10.3 Å². The van der Waals surface area contributed by atoms with Crippen LogP contribution >= 0.6 is 0 Å². The van der Waals surface area contributed by atoms with Crippen LogP contribution in [0.25, 0.3) is 10.8 Å². The van der Waals surface area contributed by atoms with E-state index in [1.54, 1.807) is 7.05 Å². The first-order valence-corrected chi connectivity index (χ1v) is 7.19. The van der Waals surface area contributed by atoms with Crippen molar-refractivity contribution >= 4 is 22.5 Å². The van der Waals surface area contributed by atoms with Crippen molar-refractivity contribution in [1.29, 1.82) is 0 Å². The first-order chi connectivity index (χ1) is 10.3. The highest BCUT2D eigenvalue weighted by molar-refractivity contribution is 6.00. The third-order valence-corrected chi connectivity index (χ3v) is 3.16. The molecule has 0 unspecified atom stereocenters. The molecule has 0 aliphatic heterocycles. The maximum Gasteiger partial charge on any atom is 0.269 e. The molecule has 112 valence electrons. The molecule has 5 heteroatoms. The quantitative estimate of drug-likeness (QED) is 0.768. The van der Waals surface area contributed by atoms with Gasteiger partial charge >= 0.3 is 0 Å². The smallest absolute Gasteiger partial charge is 0.269 e. The summed E-state index contributed by atoms with van der Waals surface area (Å²) in [6, 6.07) is 9.68. The molecule has 0 saturated carbocycles. The number of nitrogens with one attached hydrogen (secondary N) is 2. The number of anilines is 1. The van der Waals surface area contributed by atoms with Gasteiger partial charge in [-0.25, -0.2) is 4.98 Å². The Balaban J connectivity index is 2.09. The van der Waals surface area contributed by atoms with Crippen molar-refractivity contribution in [2.75, 3.05) is 32.1 Å². The van der Waals surface area contributed by atoms with Crippen LogP contribution in [0.1, 0.15) is 23.8 Å². The number of nitrogens with zero attached hydrogens (tertiary/aromatic N) is 1. The third kappa shape index (κ3) is 3.92. The lowest BCUT2D eigenvalue weighted by Gasteiger charge is -2.09. The standard InChI is InChI=1S/C16H21N3O2/c1-3-21-10-6-9-18-16(20)14-11-12-7-4-5-8-13(12)15(17-2)19-14/h4-5,7-8,11H,3,6,9-10H2,1-2H3,(H,17,19)(H,18,20). The van der Waals surface area contributed by atoms with Crippen LogP contribution in [0.5, 0.6) is 0 Å². The van der Waals surface area contributed by atoms with E-state index in [0.717, 1.165) is 17.2 Å². The topological polar surface area (TPSA) is 63.2 Å². The van der Waals surface area contributed by atoms with Gasteiger partial charge < -0.3 is 15.4 Å². The number of carbonyl (C=O) groups is 1. The lowest BCUT2D eigenvalue weighted by Crippen LogP contribution is -2.26. The van der Waals surface area contributed by atoms with E-state index in [9.17, 15) is 4.79 Å². The summed E-state index contributed by atoms with van der Waals surface area (Å²) in [5, 5.41) is 7.91. The third-order valence-electron chi connectivity index (χ3n) is 3.16. The zero-order valence-electron chi connectivity index (χ0n) is 12.5. The van der Waals surface area contributed by atoms with Crippen molar-refractivity contribution in [2.24, 2.45) is 0 Å². The number of rotatable bonds is 7. The summed E-state index contributed by atoms with van der Waals surface area (Å²) in [5.41, 5.74) is 0.425. The maximum absolute atomic E-state index is 12.1. The van der Waals surface area contributed by atoms with E-state index in [0.29, 0.717) is 31.3 Å². The first kappa shape index (κ1) is 15.3. The second-order valence-electron chi connectivity index (χ2n) is 4.63. The van der Waals surface area contributed by atoms with Gasteiger partial charge in [-0.2, -0.15) is 0 Å². The van der Waals surface area contributed by atoms with Crippen molar-refractivity contribution in [2.45, 2.75) is 13.3 Å². The monoisotopic (exact) mass is 287 g/mol. The highest BCUT2D eigenvalue weighted by Gasteiger charge is 2.10. The Kier molecular flexibility index (Phi) is 5.51. The van der Waals surface area contributed by atoms with Crippen molar-refractivity contribution in [3.63, 3.8) is 0 Å². The minimum atomic E-state index is -0.159. The SMILES string of the molecule is CCOCCCNC(=O)c1cc2ccccc2c(NC)n1. The fraction of sp³-hybridized carbons (Fsp3) is 0.375. The molecule has 1 amide bonds. The molecule has 1 aromatic carbocycles. The normalized spacial score (nSPS) is 10.6. The van der Waals surface area contributed by atoms with Gasteiger partial charge in [-0.3, -0.25) is 4.79 Å². The van der Waals surface area contributed by atoms with Gasteiger partial charge in [0.05, 0.1) is 0 Å². The lowest BCUT2D eigenvalue weighted by atomic mass is 10.1. The Labute approximate surface area is 124 Å². The van der Waals surface area contributed by atoms with E-state index < -0.39 is 0 Å². The number of ether oxygens (including phenoxy) is 1. The zero-order chi connectivity index (χ0) is 15.1. The van der Waals surface area contributed by atoms with Crippen LogP contribution in [0.4, 0.5) is 5.82 Å². The number of hydrogen-bond acceptors (Lipinski definition) is 4. The average molecular weight is 287 g/mol. The van der Waals surface area contributed by atoms with E-state index in [4.69, 9.17) is 4.74 Å². The average Bonchev–Trinajstić information content (AvgIpc) is 2.53. The molecule has 21 heavy (non-hydrogen) atoms. The fourth-order valence-corrected chi connectivity index (χ4v) is 2.12. The van der Waals surface area contributed by atoms with E-state index in [2.05, 4.69) is 15.6 Å². The van der Waals surface area contributed by atoms with Gasteiger partial charge in [-0.1, -0.05) is 24.3 Å². The van der Waals surface area contributed by atoms with Gasteiger partial charge in [0.25, 0.3) is 5.91 Å². The van der Waals surface area contributed by atoms with Crippen molar-refractivity contribution < 1.29 is 9.53 Å². The van der Waals surface area contributed by atoms with E-state index in [1.165, 1.54) is 0 Å². The molecule has 2 rings (SSSR count). The van der Waals surface area contributed by atoms with Crippen molar-refractivity contribution in [3.05, 3.63) is 36.0 Å². The second kappa shape index (κ2) is 7.59. The molecule has 1 aromatic heterocycles. The molecule has 0 fully saturated rings. The number of benzene rings is 1. The van der Waals surface area contributed by atoms with Gasteiger partial charge in [-0.05, 0) is 24.8 Å². The summed E-state index contributed by atoms with van der Waals surface area (Å²) in [6.45, 7) is 3.90. The van der Waals surface area contributed by atoms with Crippen LogP contribution in [0.3, 0.4) is 0 Å². The summed E-state index contributed by atoms with van der Waals surface area (Å²) in [6.07, 6.45) is 0.798. The van der Waals surface area contributed by atoms with E-state index in [1.807, 2.05) is 37.3 Å². The Morgan fingerprint density at radius 1 is 1.33 bits per heavy atom. The van der Waals surface area contributed by atoms with E-state index in [-0.39, 0.29) is 5.91 Å². The molecule has 2 N–H and O–H groups in total. The molecule has 2 aromatic rings. The summed E-state index contributed by atoms with van der Waals surface area (Å²) in [7, 11) is 1.80. The summed E-state index contributed by atoms with van der Waals surface area (Å²) < 4.78 is 5.24. The number of pyridine rings is 1. The molecule has 0 bridgehead atoms. The number of hydrogen-bond donors (Lipinski definition) is 2. The second-order valence-corrected chi connectivity index (χ2v) is 4.63. The number of carbonyl (C=O) groups excluding carboxylic acids is 1. The van der Waals surface area contributed by atoms with Crippen LogP contribution in [-0.4, -0.2) is 37.7 Å². The zero-order valence-corrected chi connectivity index (χ0v) is 12.5. The van der Waals surface area contributed by atoms with Crippen molar-refractivity contribution in [3.8, 4) is 0 Å². The first-order valence-electron chi connectivity index (χ1n) is 7.19. The molecule has 1 heterocycles. The molecule has 0 spiro atoms. The van der Waals surface area contributed by atoms with E-state index >= 15 is 0 Å². The lowest BCUT2D eigenvalue weighted by molar-refractivity contribution is 0.0939. The summed E-state index contributed by atoms with van der Waals surface area (Å²) in [5.74, 6) is 0.557. The number of aromatic nitrogens is 1. The molecule has 0 aliphatic carbocycles. The highest BCUT2D eigenvalue weighted by Crippen LogP contribution is 2.21. The Bertz CT molecular complexity index is 613. The minimum Gasteiger partial charge on any atom is -0.382 e. The highest BCUT2D eigenvalue weighted by atomic mass is 16.5. The van der Waals surface area contributed by atoms with Gasteiger partial charge in [0.2, 0.25) is 0 Å². The van der Waals surface area contributed by atoms with Gasteiger partial charge in [0, 0.05) is 32.2 Å². The molecular weight excluding hydrogens is 266 g/mol. The number of amides is 1. The summed E-state index contributed by atoms with van der Waals surface area (Å²) in [4.78, 5) is 16.5.